The number of hydrogen-bond donors (Lipinski definition) is 3. The number of piperazine rings is 1. The second-order valence-electron chi connectivity index (χ2n) is 7.52. The molecule has 0 aliphatic carbocycles. The first-order valence-electron chi connectivity index (χ1n) is 10.3. The minimum absolute atomic E-state index is 0.109. The molecule has 4 N–H and O–H groups in total. The summed E-state index contributed by atoms with van der Waals surface area (Å²) in [6, 6.07) is 17.4. The lowest BCUT2D eigenvalue weighted by atomic mass is 10.1. The van der Waals surface area contributed by atoms with Gasteiger partial charge in [0.15, 0.2) is 0 Å². The molecule has 1 aromatic heterocycles. The fourth-order valence-corrected chi connectivity index (χ4v) is 3.52. The van der Waals surface area contributed by atoms with E-state index in [0.717, 1.165) is 43.1 Å². The van der Waals surface area contributed by atoms with E-state index in [2.05, 4.69) is 61.7 Å². The summed E-state index contributed by atoms with van der Waals surface area (Å²) >= 11 is 0. The summed E-state index contributed by atoms with van der Waals surface area (Å²) < 4.78 is 0. The van der Waals surface area contributed by atoms with Crippen LogP contribution in [0.25, 0.3) is 11.3 Å². The Labute approximate surface area is 182 Å². The average molecular weight is 418 g/mol. The summed E-state index contributed by atoms with van der Waals surface area (Å²) in [5, 5.41) is 5.85. The van der Waals surface area contributed by atoms with Gasteiger partial charge >= 0.3 is 0 Å². The van der Waals surface area contributed by atoms with Crippen molar-refractivity contribution in [1.82, 2.24) is 20.2 Å². The van der Waals surface area contributed by atoms with Gasteiger partial charge in [-0.05, 0) is 49.5 Å². The number of nitrogens with zero attached hydrogens (tertiary/aromatic N) is 4. The van der Waals surface area contributed by atoms with Gasteiger partial charge in [0.1, 0.15) is 0 Å². The maximum absolute atomic E-state index is 11.9. The summed E-state index contributed by atoms with van der Waals surface area (Å²) in [7, 11) is 2.16. The Morgan fingerprint density at radius 2 is 1.71 bits per heavy atom. The van der Waals surface area contributed by atoms with Gasteiger partial charge < -0.3 is 26.2 Å². The van der Waals surface area contributed by atoms with Crippen molar-refractivity contribution in [2.45, 2.75) is 0 Å². The lowest BCUT2D eigenvalue weighted by Gasteiger charge is -2.34. The van der Waals surface area contributed by atoms with E-state index >= 15 is 0 Å². The molecule has 2 heterocycles. The maximum atomic E-state index is 11.9. The van der Waals surface area contributed by atoms with Gasteiger partial charge in [0.25, 0.3) is 5.91 Å². The van der Waals surface area contributed by atoms with Crippen LogP contribution in [0.3, 0.4) is 0 Å². The van der Waals surface area contributed by atoms with Crippen molar-refractivity contribution in [1.29, 1.82) is 0 Å². The van der Waals surface area contributed by atoms with Crippen LogP contribution in [0, 0.1) is 0 Å². The molecule has 8 heteroatoms. The van der Waals surface area contributed by atoms with Crippen LogP contribution in [-0.2, 0) is 0 Å². The molecule has 31 heavy (non-hydrogen) atoms. The van der Waals surface area contributed by atoms with Gasteiger partial charge in [-0.2, -0.15) is 0 Å². The zero-order chi connectivity index (χ0) is 21.6. The van der Waals surface area contributed by atoms with E-state index in [1.807, 2.05) is 18.2 Å². The molecule has 160 valence electrons. The quantitative estimate of drug-likeness (QED) is 0.529. The van der Waals surface area contributed by atoms with E-state index in [4.69, 9.17) is 5.73 Å². The molecule has 1 amide bonds. The fourth-order valence-electron chi connectivity index (χ4n) is 3.52. The first kappa shape index (κ1) is 20.8. The van der Waals surface area contributed by atoms with Gasteiger partial charge in [-0.15, -0.1) is 0 Å². The monoisotopic (exact) mass is 417 g/mol. The van der Waals surface area contributed by atoms with Crippen LogP contribution in [0.2, 0.25) is 0 Å². The first-order valence-corrected chi connectivity index (χ1v) is 10.3. The Morgan fingerprint density at radius 3 is 2.39 bits per heavy atom. The van der Waals surface area contributed by atoms with E-state index in [0.29, 0.717) is 11.5 Å². The van der Waals surface area contributed by atoms with Crippen molar-refractivity contribution in [3.05, 3.63) is 66.4 Å². The minimum Gasteiger partial charge on any atom is -0.369 e. The molecule has 0 atom stereocenters. The molecule has 0 bridgehead atoms. The third-order valence-corrected chi connectivity index (χ3v) is 5.35. The predicted octanol–water partition coefficient (Wildman–Crippen LogP) is 2.29. The molecular weight excluding hydrogens is 390 g/mol. The van der Waals surface area contributed by atoms with Crippen molar-refractivity contribution in [2.24, 2.45) is 5.73 Å². The molecule has 1 fully saturated rings. The molecule has 3 aromatic rings. The van der Waals surface area contributed by atoms with Crippen molar-refractivity contribution >= 4 is 23.2 Å². The van der Waals surface area contributed by atoms with Crippen LogP contribution < -0.4 is 21.3 Å². The van der Waals surface area contributed by atoms with E-state index in [1.54, 1.807) is 18.3 Å². The van der Waals surface area contributed by atoms with Crippen LogP contribution >= 0.6 is 0 Å². The molecule has 8 nitrogen and oxygen atoms in total. The third kappa shape index (κ3) is 5.17. The Bertz CT molecular complexity index is 1010. The first-order chi connectivity index (χ1) is 15.1. The van der Waals surface area contributed by atoms with Gasteiger partial charge in [0.05, 0.1) is 12.4 Å². The molecular formula is C23H27N7O. The van der Waals surface area contributed by atoms with Crippen molar-refractivity contribution in [3.63, 3.8) is 0 Å². The highest BCUT2D eigenvalue weighted by atomic mass is 16.1. The molecule has 2 aromatic carbocycles. The Morgan fingerprint density at radius 1 is 1.00 bits per heavy atom. The van der Waals surface area contributed by atoms with E-state index in [-0.39, 0.29) is 12.6 Å². The number of aromatic nitrogens is 2. The molecule has 1 aliphatic rings. The number of rotatable bonds is 6. The highest BCUT2D eigenvalue weighted by molar-refractivity contribution is 5.94. The molecule has 4 rings (SSSR count). The van der Waals surface area contributed by atoms with Crippen LogP contribution in [0.15, 0.2) is 60.8 Å². The second kappa shape index (κ2) is 9.55. The third-order valence-electron chi connectivity index (χ3n) is 5.35. The zero-order valence-electron chi connectivity index (χ0n) is 17.6. The summed E-state index contributed by atoms with van der Waals surface area (Å²) in [4.78, 5) is 25.6. The van der Waals surface area contributed by atoms with E-state index < -0.39 is 0 Å². The summed E-state index contributed by atoms with van der Waals surface area (Å²) in [6.07, 6.45) is 1.72. The molecule has 0 radical (unpaired) electrons. The summed E-state index contributed by atoms with van der Waals surface area (Å²) in [5.41, 5.74) is 9.76. The second-order valence-corrected chi connectivity index (χ2v) is 7.52. The SMILES string of the molecule is CN1CCN(c2ccc(Nc3nccc(-c4ccc(C(=O)NCN)cc4)n3)cc2)CC1. The van der Waals surface area contributed by atoms with Gasteiger partial charge in [0.2, 0.25) is 5.95 Å². The van der Waals surface area contributed by atoms with Crippen molar-refractivity contribution in [2.75, 3.05) is 50.1 Å². The highest BCUT2D eigenvalue weighted by Gasteiger charge is 2.14. The number of nitrogens with one attached hydrogen (secondary N) is 2. The van der Waals surface area contributed by atoms with Gasteiger partial charge in [-0.25, -0.2) is 9.97 Å². The maximum Gasteiger partial charge on any atom is 0.252 e. The lowest BCUT2D eigenvalue weighted by molar-refractivity contribution is 0.0955. The van der Waals surface area contributed by atoms with Gasteiger partial charge in [0, 0.05) is 54.9 Å². The number of nitrogens with two attached hydrogens (primary N) is 1. The standard InChI is InChI=1S/C23H27N7O/c1-29-12-14-30(15-13-29)20-8-6-19(7-9-20)27-23-25-11-10-21(28-23)17-2-4-18(5-3-17)22(31)26-16-24/h2-11H,12-16,24H2,1H3,(H,26,31)(H,25,27,28). The smallest absolute Gasteiger partial charge is 0.252 e. The Balaban J connectivity index is 1.43. The Kier molecular flexibility index (Phi) is 6.40. The molecule has 0 spiro atoms. The zero-order valence-corrected chi connectivity index (χ0v) is 17.6. The number of benzene rings is 2. The van der Waals surface area contributed by atoms with Crippen molar-refractivity contribution in [3.8, 4) is 11.3 Å². The number of carbonyl (C=O) groups excluding carboxylic acids is 1. The Hall–Kier alpha value is -3.49. The fraction of sp³-hybridized carbons (Fsp3) is 0.261. The summed E-state index contributed by atoms with van der Waals surface area (Å²) in [5.74, 6) is 0.328. The number of likely N-dealkylation sites (N-methyl/N-ethyl adjacent to an activating group) is 1. The topological polar surface area (TPSA) is 99.4 Å². The van der Waals surface area contributed by atoms with Crippen LogP contribution in [0.4, 0.5) is 17.3 Å². The number of hydrogen-bond acceptors (Lipinski definition) is 7. The van der Waals surface area contributed by atoms with E-state index in [9.17, 15) is 4.79 Å². The van der Waals surface area contributed by atoms with Gasteiger partial charge in [-0.3, -0.25) is 4.79 Å². The van der Waals surface area contributed by atoms with Gasteiger partial charge in [-0.1, -0.05) is 12.1 Å². The number of amides is 1. The lowest BCUT2D eigenvalue weighted by Crippen LogP contribution is -2.44. The molecule has 1 saturated heterocycles. The number of anilines is 3. The van der Waals surface area contributed by atoms with Crippen LogP contribution in [0.5, 0.6) is 0 Å². The molecule has 0 saturated carbocycles. The highest BCUT2D eigenvalue weighted by Crippen LogP contribution is 2.23. The van der Waals surface area contributed by atoms with E-state index in [1.165, 1.54) is 5.69 Å². The van der Waals surface area contributed by atoms with Crippen molar-refractivity contribution < 1.29 is 4.79 Å². The average Bonchev–Trinajstić information content (AvgIpc) is 2.81. The molecule has 0 unspecified atom stereocenters. The predicted molar refractivity (Wildman–Crippen MR) is 123 cm³/mol. The minimum atomic E-state index is -0.195. The number of carbonyl (C=O) groups is 1. The normalized spacial score (nSPS) is 14.3. The molecule has 1 aliphatic heterocycles. The summed E-state index contributed by atoms with van der Waals surface area (Å²) in [6.45, 7) is 4.36. The van der Waals surface area contributed by atoms with Crippen LogP contribution in [-0.4, -0.2) is 60.7 Å². The van der Waals surface area contributed by atoms with Crippen LogP contribution in [0.1, 0.15) is 10.4 Å². The largest absolute Gasteiger partial charge is 0.369 e.